The van der Waals surface area contributed by atoms with Gasteiger partial charge in [0.15, 0.2) is 0 Å². The first-order valence-electron chi connectivity index (χ1n) is 5.78. The fourth-order valence-corrected chi connectivity index (χ4v) is 1.44. The number of carbonyl (C=O) groups excluding carboxylic acids is 2. The Morgan fingerprint density at radius 3 is 2.42 bits per heavy atom. The summed E-state index contributed by atoms with van der Waals surface area (Å²) in [6.45, 7) is 3.47. The fourth-order valence-electron chi connectivity index (χ4n) is 1.31. The quantitative estimate of drug-likeness (QED) is 0.639. The van der Waals surface area contributed by atoms with E-state index < -0.39 is 0 Å². The SMILES string of the molecule is CC(=O)NN=C(C)CC(=O)NCc1ccc(Cl)cc1. The van der Waals surface area contributed by atoms with Gasteiger partial charge in [-0.25, -0.2) is 5.43 Å². The number of hydrogen-bond acceptors (Lipinski definition) is 3. The molecule has 1 rings (SSSR count). The number of hydrazone groups is 1. The molecule has 1 aromatic rings. The van der Waals surface area contributed by atoms with Crippen LogP contribution in [0.1, 0.15) is 25.8 Å². The van der Waals surface area contributed by atoms with Gasteiger partial charge in [0, 0.05) is 24.2 Å². The molecule has 6 heteroatoms. The molecule has 0 aliphatic carbocycles. The predicted octanol–water partition coefficient (Wildman–Crippen LogP) is 1.86. The van der Waals surface area contributed by atoms with Crippen LogP contribution in [0.5, 0.6) is 0 Å². The molecule has 0 bridgehead atoms. The average Bonchev–Trinajstić information content (AvgIpc) is 2.36. The van der Waals surface area contributed by atoms with Gasteiger partial charge >= 0.3 is 0 Å². The van der Waals surface area contributed by atoms with Crippen molar-refractivity contribution < 1.29 is 9.59 Å². The molecule has 0 heterocycles. The summed E-state index contributed by atoms with van der Waals surface area (Å²) in [5.74, 6) is -0.414. The first kappa shape index (κ1) is 15.2. The number of amides is 2. The Morgan fingerprint density at radius 1 is 1.21 bits per heavy atom. The zero-order chi connectivity index (χ0) is 14.3. The minimum absolute atomic E-state index is 0.147. The predicted molar refractivity (Wildman–Crippen MR) is 74.8 cm³/mol. The number of hydrogen-bond donors (Lipinski definition) is 2. The van der Waals surface area contributed by atoms with Gasteiger partial charge in [-0.05, 0) is 24.6 Å². The second-order valence-corrected chi connectivity index (χ2v) is 4.53. The molecule has 0 atom stereocenters. The van der Waals surface area contributed by atoms with Crippen LogP contribution >= 0.6 is 11.6 Å². The lowest BCUT2D eigenvalue weighted by Crippen LogP contribution is -2.25. The molecule has 102 valence electrons. The molecular weight excluding hydrogens is 266 g/mol. The van der Waals surface area contributed by atoms with Crippen LogP contribution in [0.2, 0.25) is 5.02 Å². The minimum atomic E-state index is -0.263. The third-order valence-electron chi connectivity index (χ3n) is 2.22. The van der Waals surface area contributed by atoms with E-state index in [0.717, 1.165) is 5.56 Å². The van der Waals surface area contributed by atoms with Crippen molar-refractivity contribution in [3.05, 3.63) is 34.9 Å². The molecule has 0 spiro atoms. The zero-order valence-electron chi connectivity index (χ0n) is 10.9. The summed E-state index contributed by atoms with van der Waals surface area (Å²) in [5.41, 5.74) is 3.80. The number of rotatable bonds is 5. The van der Waals surface area contributed by atoms with E-state index in [0.29, 0.717) is 17.3 Å². The van der Waals surface area contributed by atoms with Crippen LogP contribution in [-0.2, 0) is 16.1 Å². The van der Waals surface area contributed by atoms with Gasteiger partial charge in [0.2, 0.25) is 11.8 Å². The third-order valence-corrected chi connectivity index (χ3v) is 2.48. The van der Waals surface area contributed by atoms with Crippen molar-refractivity contribution in [2.45, 2.75) is 26.8 Å². The van der Waals surface area contributed by atoms with E-state index in [4.69, 9.17) is 11.6 Å². The first-order valence-corrected chi connectivity index (χ1v) is 6.16. The lowest BCUT2D eigenvalue weighted by Gasteiger charge is -2.05. The molecule has 2 N–H and O–H groups in total. The van der Waals surface area contributed by atoms with Gasteiger partial charge in [-0.15, -0.1) is 0 Å². The van der Waals surface area contributed by atoms with E-state index in [9.17, 15) is 9.59 Å². The maximum Gasteiger partial charge on any atom is 0.236 e. The van der Waals surface area contributed by atoms with Gasteiger partial charge in [-0.1, -0.05) is 23.7 Å². The molecular formula is C13H16ClN3O2. The highest BCUT2D eigenvalue weighted by Crippen LogP contribution is 2.09. The Bertz CT molecular complexity index is 483. The Labute approximate surface area is 117 Å². The number of nitrogens with one attached hydrogen (secondary N) is 2. The van der Waals surface area contributed by atoms with Crippen LogP contribution in [0.4, 0.5) is 0 Å². The van der Waals surface area contributed by atoms with E-state index in [1.807, 2.05) is 12.1 Å². The highest BCUT2D eigenvalue weighted by molar-refractivity contribution is 6.30. The van der Waals surface area contributed by atoms with Crippen molar-refractivity contribution in [1.82, 2.24) is 10.7 Å². The van der Waals surface area contributed by atoms with Crippen LogP contribution in [0.3, 0.4) is 0 Å². The normalized spacial score (nSPS) is 11.0. The summed E-state index contributed by atoms with van der Waals surface area (Å²) in [5, 5.41) is 7.19. The van der Waals surface area contributed by atoms with Crippen molar-refractivity contribution >= 4 is 29.1 Å². The van der Waals surface area contributed by atoms with Crippen molar-refractivity contribution in [3.8, 4) is 0 Å². The molecule has 0 radical (unpaired) electrons. The fraction of sp³-hybridized carbons (Fsp3) is 0.308. The van der Waals surface area contributed by atoms with Crippen LogP contribution in [-0.4, -0.2) is 17.5 Å². The van der Waals surface area contributed by atoms with E-state index >= 15 is 0 Å². The largest absolute Gasteiger partial charge is 0.352 e. The van der Waals surface area contributed by atoms with Gasteiger partial charge in [-0.3, -0.25) is 9.59 Å². The molecule has 0 aliphatic heterocycles. The topological polar surface area (TPSA) is 70.6 Å². The minimum Gasteiger partial charge on any atom is -0.352 e. The lowest BCUT2D eigenvalue weighted by molar-refractivity contribution is -0.120. The highest BCUT2D eigenvalue weighted by atomic mass is 35.5. The Kier molecular flexibility index (Phi) is 6.02. The van der Waals surface area contributed by atoms with Crippen molar-refractivity contribution in [2.24, 2.45) is 5.10 Å². The second-order valence-electron chi connectivity index (χ2n) is 4.10. The van der Waals surface area contributed by atoms with Gasteiger partial charge in [-0.2, -0.15) is 5.10 Å². The molecule has 2 amide bonds. The molecule has 0 saturated heterocycles. The number of benzene rings is 1. The van der Waals surface area contributed by atoms with Gasteiger partial charge in [0.05, 0.1) is 6.42 Å². The second kappa shape index (κ2) is 7.53. The maximum absolute atomic E-state index is 11.6. The van der Waals surface area contributed by atoms with Gasteiger partial charge in [0.25, 0.3) is 0 Å². The molecule has 0 aromatic heterocycles. The molecule has 1 aromatic carbocycles. The van der Waals surface area contributed by atoms with E-state index in [1.165, 1.54) is 6.92 Å². The van der Waals surface area contributed by atoms with Crippen LogP contribution in [0, 0.1) is 0 Å². The zero-order valence-corrected chi connectivity index (χ0v) is 11.6. The number of halogens is 1. The van der Waals surface area contributed by atoms with Crippen molar-refractivity contribution in [3.63, 3.8) is 0 Å². The van der Waals surface area contributed by atoms with Crippen LogP contribution in [0.15, 0.2) is 29.4 Å². The Balaban J connectivity index is 2.37. The lowest BCUT2D eigenvalue weighted by atomic mass is 10.2. The smallest absolute Gasteiger partial charge is 0.236 e. The number of nitrogens with zero attached hydrogens (tertiary/aromatic N) is 1. The summed E-state index contributed by atoms with van der Waals surface area (Å²) < 4.78 is 0. The van der Waals surface area contributed by atoms with Gasteiger partial charge in [0.1, 0.15) is 0 Å². The van der Waals surface area contributed by atoms with E-state index in [-0.39, 0.29) is 18.2 Å². The van der Waals surface area contributed by atoms with Crippen LogP contribution in [0.25, 0.3) is 0 Å². The Morgan fingerprint density at radius 2 is 1.84 bits per heavy atom. The Hall–Kier alpha value is -1.88. The van der Waals surface area contributed by atoms with Crippen LogP contribution < -0.4 is 10.7 Å². The standard InChI is InChI=1S/C13H16ClN3O2/c1-9(16-17-10(2)18)7-13(19)15-8-11-3-5-12(14)6-4-11/h3-6H,7-8H2,1-2H3,(H,15,19)(H,17,18). The molecule has 19 heavy (non-hydrogen) atoms. The maximum atomic E-state index is 11.6. The molecule has 0 unspecified atom stereocenters. The first-order chi connectivity index (χ1) is 8.97. The summed E-state index contributed by atoms with van der Waals surface area (Å²) in [4.78, 5) is 22.3. The third kappa shape index (κ3) is 6.57. The van der Waals surface area contributed by atoms with E-state index in [2.05, 4.69) is 15.8 Å². The van der Waals surface area contributed by atoms with Crippen molar-refractivity contribution in [1.29, 1.82) is 0 Å². The summed E-state index contributed by atoms with van der Waals surface area (Å²) in [7, 11) is 0. The van der Waals surface area contributed by atoms with E-state index in [1.54, 1.807) is 19.1 Å². The number of carbonyl (C=O) groups is 2. The summed E-state index contributed by atoms with van der Waals surface area (Å²) in [6, 6.07) is 7.24. The van der Waals surface area contributed by atoms with Crippen molar-refractivity contribution in [2.75, 3.05) is 0 Å². The van der Waals surface area contributed by atoms with Gasteiger partial charge < -0.3 is 5.32 Å². The average molecular weight is 282 g/mol. The molecule has 5 nitrogen and oxygen atoms in total. The molecule has 0 aliphatic rings. The molecule has 0 fully saturated rings. The monoisotopic (exact) mass is 281 g/mol. The molecule has 0 saturated carbocycles. The highest BCUT2D eigenvalue weighted by Gasteiger charge is 2.04. The summed E-state index contributed by atoms with van der Waals surface area (Å²) in [6.07, 6.45) is 0.147. The summed E-state index contributed by atoms with van der Waals surface area (Å²) >= 11 is 5.77.